The van der Waals surface area contributed by atoms with Crippen LogP contribution in [-0.4, -0.2) is 30.6 Å². The van der Waals surface area contributed by atoms with Crippen molar-refractivity contribution in [3.8, 4) is 0 Å². The number of aliphatic imine (C=N–C) groups is 1. The first-order valence-corrected chi connectivity index (χ1v) is 7.69. The van der Waals surface area contributed by atoms with Crippen LogP contribution in [0.3, 0.4) is 0 Å². The van der Waals surface area contributed by atoms with Gasteiger partial charge in [0.25, 0.3) is 0 Å². The van der Waals surface area contributed by atoms with E-state index in [1.54, 1.807) is 0 Å². The Morgan fingerprint density at radius 3 is 2.90 bits per heavy atom. The molecule has 0 saturated heterocycles. The van der Waals surface area contributed by atoms with Crippen molar-refractivity contribution in [2.24, 2.45) is 4.99 Å². The van der Waals surface area contributed by atoms with Gasteiger partial charge in [-0.05, 0) is 48.8 Å². The highest BCUT2D eigenvalue weighted by molar-refractivity contribution is 9.10. The molecule has 1 aromatic rings. The number of benzene rings is 1. The predicted molar refractivity (Wildman–Crippen MR) is 88.9 cm³/mol. The predicted octanol–water partition coefficient (Wildman–Crippen LogP) is 2.82. The van der Waals surface area contributed by atoms with Crippen LogP contribution < -0.4 is 21.3 Å². The van der Waals surface area contributed by atoms with Gasteiger partial charge in [0.1, 0.15) is 0 Å². The van der Waals surface area contributed by atoms with Crippen molar-refractivity contribution in [3.05, 3.63) is 16.6 Å². The van der Waals surface area contributed by atoms with Crippen LogP contribution in [0.2, 0.25) is 0 Å². The summed E-state index contributed by atoms with van der Waals surface area (Å²) in [6.07, 6.45) is 0. The zero-order chi connectivity index (χ0) is 14.3. The van der Waals surface area contributed by atoms with Crippen LogP contribution in [0.25, 0.3) is 0 Å². The highest BCUT2D eigenvalue weighted by atomic mass is 79.9. The molecule has 0 aliphatic carbocycles. The van der Waals surface area contributed by atoms with Gasteiger partial charge in [-0.2, -0.15) is 0 Å². The molecule has 0 amide bonds. The van der Waals surface area contributed by atoms with E-state index in [4.69, 9.17) is 0 Å². The highest BCUT2D eigenvalue weighted by Crippen LogP contribution is 2.42. The first-order valence-electron chi connectivity index (χ1n) is 6.90. The Balaban J connectivity index is 1.92. The topological polar surface area (TPSA) is 60.5 Å². The van der Waals surface area contributed by atoms with Gasteiger partial charge in [0.15, 0.2) is 5.96 Å². The van der Waals surface area contributed by atoms with Crippen molar-refractivity contribution in [3.63, 3.8) is 0 Å². The van der Waals surface area contributed by atoms with E-state index in [0.717, 1.165) is 40.6 Å². The summed E-state index contributed by atoms with van der Waals surface area (Å²) in [5.41, 5.74) is 3.22. The Kier molecular flexibility index (Phi) is 3.28. The fourth-order valence-electron chi connectivity index (χ4n) is 2.37. The summed E-state index contributed by atoms with van der Waals surface area (Å²) in [6, 6.07) is 4.52. The molecule has 0 aromatic heterocycles. The molecule has 3 rings (SSSR count). The molecule has 5 nitrogen and oxygen atoms in total. The van der Waals surface area contributed by atoms with Gasteiger partial charge >= 0.3 is 0 Å². The molecule has 20 heavy (non-hydrogen) atoms. The van der Waals surface area contributed by atoms with Crippen molar-refractivity contribution < 1.29 is 0 Å². The zero-order valence-corrected chi connectivity index (χ0v) is 13.6. The van der Waals surface area contributed by atoms with Gasteiger partial charge in [-0.25, -0.2) is 0 Å². The van der Waals surface area contributed by atoms with E-state index in [1.807, 2.05) is 0 Å². The second-order valence-electron chi connectivity index (χ2n) is 5.84. The van der Waals surface area contributed by atoms with Crippen molar-refractivity contribution in [2.75, 3.05) is 29.0 Å². The number of hydrogen-bond acceptors (Lipinski definition) is 5. The molecule has 0 saturated carbocycles. The largest absolute Gasteiger partial charge is 0.379 e. The number of anilines is 3. The molecule has 1 atom stereocenters. The Hall–Kier alpha value is -1.43. The number of guanidine groups is 1. The van der Waals surface area contributed by atoms with E-state index in [0.29, 0.717) is 6.04 Å². The maximum Gasteiger partial charge on any atom is 0.195 e. The van der Waals surface area contributed by atoms with Crippen LogP contribution >= 0.6 is 15.9 Å². The quantitative estimate of drug-likeness (QED) is 0.636. The number of hydrogen-bond donors (Lipinski definition) is 4. The zero-order valence-electron chi connectivity index (χ0n) is 12.0. The molecule has 2 heterocycles. The lowest BCUT2D eigenvalue weighted by molar-refractivity contribution is 0.486. The smallest absolute Gasteiger partial charge is 0.195 e. The lowest BCUT2D eigenvalue weighted by atomic mass is 9.92. The van der Waals surface area contributed by atoms with Crippen LogP contribution in [0.1, 0.15) is 20.8 Å². The summed E-state index contributed by atoms with van der Waals surface area (Å²) in [5, 5.41) is 13.7. The minimum absolute atomic E-state index is 0.00271. The second-order valence-corrected chi connectivity index (χ2v) is 6.64. The van der Waals surface area contributed by atoms with Crippen molar-refractivity contribution >= 4 is 39.0 Å². The molecule has 1 aromatic carbocycles. The van der Waals surface area contributed by atoms with Gasteiger partial charge in [-0.3, -0.25) is 4.99 Å². The number of fused-ring (bicyclic) bond motifs is 1. The Morgan fingerprint density at radius 1 is 1.40 bits per heavy atom. The van der Waals surface area contributed by atoms with Crippen LogP contribution in [0.15, 0.2) is 21.6 Å². The monoisotopic (exact) mass is 337 g/mol. The van der Waals surface area contributed by atoms with Gasteiger partial charge in [0.05, 0.1) is 33.6 Å². The van der Waals surface area contributed by atoms with E-state index in [-0.39, 0.29) is 5.54 Å². The standard InChI is InChI=1S/C14H20BrN5/c1-8-14(2,3)20-12-10(18-8)5-4-9(11(12)15)19-13-16-6-7-17-13/h4-5,8,18,20H,6-7H2,1-3H3,(H2,16,17,19). The second kappa shape index (κ2) is 4.84. The van der Waals surface area contributed by atoms with Gasteiger partial charge in [0.2, 0.25) is 0 Å². The molecule has 0 radical (unpaired) electrons. The third kappa shape index (κ3) is 2.32. The van der Waals surface area contributed by atoms with Gasteiger partial charge < -0.3 is 21.3 Å². The third-order valence-corrected chi connectivity index (χ3v) is 4.79. The van der Waals surface area contributed by atoms with E-state index in [2.05, 4.69) is 75.1 Å². The lowest BCUT2D eigenvalue weighted by Gasteiger charge is -2.41. The number of rotatable bonds is 1. The summed E-state index contributed by atoms with van der Waals surface area (Å²) in [4.78, 5) is 4.36. The first kappa shape index (κ1) is 13.5. The van der Waals surface area contributed by atoms with Crippen molar-refractivity contribution in [1.29, 1.82) is 0 Å². The van der Waals surface area contributed by atoms with E-state index in [9.17, 15) is 0 Å². The SMILES string of the molecule is CC1Nc2ccc(NC3=NCCN3)c(Br)c2NC1(C)C. The van der Waals surface area contributed by atoms with Gasteiger partial charge in [0, 0.05) is 12.6 Å². The molecular weight excluding hydrogens is 318 g/mol. The summed E-state index contributed by atoms with van der Waals surface area (Å²) in [5.74, 6) is 0.835. The highest BCUT2D eigenvalue weighted by Gasteiger charge is 2.32. The normalized spacial score (nSPS) is 23.0. The van der Waals surface area contributed by atoms with Crippen molar-refractivity contribution in [2.45, 2.75) is 32.4 Å². The third-order valence-electron chi connectivity index (χ3n) is 3.97. The fourth-order valence-corrected chi connectivity index (χ4v) is 2.91. The van der Waals surface area contributed by atoms with Gasteiger partial charge in [-0.15, -0.1) is 0 Å². The first-order chi connectivity index (χ1) is 9.47. The minimum Gasteiger partial charge on any atom is -0.379 e. The fraction of sp³-hybridized carbons (Fsp3) is 0.500. The molecule has 0 bridgehead atoms. The molecule has 1 unspecified atom stereocenters. The Labute approximate surface area is 127 Å². The maximum atomic E-state index is 4.36. The average Bonchev–Trinajstić information content (AvgIpc) is 2.88. The Morgan fingerprint density at radius 2 is 2.20 bits per heavy atom. The molecule has 2 aliphatic rings. The van der Waals surface area contributed by atoms with E-state index in [1.165, 1.54) is 0 Å². The molecule has 2 aliphatic heterocycles. The summed E-state index contributed by atoms with van der Waals surface area (Å²) >= 11 is 3.70. The average molecular weight is 338 g/mol. The summed E-state index contributed by atoms with van der Waals surface area (Å²) in [6.45, 7) is 8.31. The van der Waals surface area contributed by atoms with Crippen LogP contribution in [0.5, 0.6) is 0 Å². The Bertz CT molecular complexity index is 567. The molecule has 108 valence electrons. The summed E-state index contributed by atoms with van der Waals surface area (Å²) < 4.78 is 1.03. The molecule has 0 fully saturated rings. The number of nitrogens with one attached hydrogen (secondary N) is 4. The van der Waals surface area contributed by atoms with Crippen LogP contribution in [-0.2, 0) is 0 Å². The molecule has 0 spiro atoms. The van der Waals surface area contributed by atoms with E-state index < -0.39 is 0 Å². The minimum atomic E-state index is -0.00271. The maximum absolute atomic E-state index is 4.36. The van der Waals surface area contributed by atoms with E-state index >= 15 is 0 Å². The lowest BCUT2D eigenvalue weighted by Crippen LogP contribution is -2.49. The molecule has 4 N–H and O–H groups in total. The molecule has 6 heteroatoms. The molecular formula is C14H20BrN5. The summed E-state index contributed by atoms with van der Waals surface area (Å²) in [7, 11) is 0. The van der Waals surface area contributed by atoms with Crippen LogP contribution in [0, 0.1) is 0 Å². The van der Waals surface area contributed by atoms with Gasteiger partial charge in [-0.1, -0.05) is 0 Å². The number of halogens is 1. The van der Waals surface area contributed by atoms with Crippen LogP contribution in [0.4, 0.5) is 17.1 Å². The number of nitrogens with zero attached hydrogens (tertiary/aromatic N) is 1. The van der Waals surface area contributed by atoms with Crippen molar-refractivity contribution in [1.82, 2.24) is 5.32 Å².